The molecular formula is C11H15N3O3S. The highest BCUT2D eigenvalue weighted by atomic mass is 32.1. The Hall–Kier alpha value is -1.63. The third kappa shape index (κ3) is 3.43. The number of amides is 2. The van der Waals surface area contributed by atoms with Gasteiger partial charge in [-0.2, -0.15) is 0 Å². The van der Waals surface area contributed by atoms with Crippen molar-refractivity contribution in [3.05, 3.63) is 16.6 Å². The van der Waals surface area contributed by atoms with Crippen LogP contribution in [-0.2, 0) is 11.2 Å². The van der Waals surface area contributed by atoms with Gasteiger partial charge in [-0.15, -0.1) is 11.3 Å². The first kappa shape index (κ1) is 12.8. The number of hydrogen-bond donors (Lipinski definition) is 2. The van der Waals surface area contributed by atoms with Crippen LogP contribution in [0.2, 0.25) is 0 Å². The lowest BCUT2D eigenvalue weighted by atomic mass is 9.97. The summed E-state index contributed by atoms with van der Waals surface area (Å²) in [7, 11) is 0. The van der Waals surface area contributed by atoms with Crippen molar-refractivity contribution >= 4 is 23.3 Å². The average Bonchev–Trinajstić information content (AvgIpc) is 2.75. The highest BCUT2D eigenvalue weighted by Gasteiger charge is 2.31. The van der Waals surface area contributed by atoms with E-state index in [2.05, 4.69) is 10.3 Å². The number of rotatable bonds is 5. The van der Waals surface area contributed by atoms with Crippen LogP contribution in [0.1, 0.15) is 11.4 Å². The molecule has 0 atom stereocenters. The smallest absolute Gasteiger partial charge is 0.317 e. The van der Waals surface area contributed by atoms with E-state index in [-0.39, 0.29) is 18.4 Å². The van der Waals surface area contributed by atoms with Gasteiger partial charge >= 0.3 is 12.0 Å². The zero-order valence-corrected chi connectivity index (χ0v) is 10.7. The van der Waals surface area contributed by atoms with Crippen LogP contribution in [0, 0.1) is 5.92 Å². The maximum Gasteiger partial charge on any atom is 0.317 e. The zero-order chi connectivity index (χ0) is 13.0. The van der Waals surface area contributed by atoms with Gasteiger partial charge in [-0.25, -0.2) is 9.78 Å². The molecular weight excluding hydrogens is 254 g/mol. The summed E-state index contributed by atoms with van der Waals surface area (Å²) in [5, 5.41) is 14.3. The molecule has 98 valence electrons. The molecule has 2 rings (SSSR count). The highest BCUT2D eigenvalue weighted by Crippen LogP contribution is 2.18. The number of carboxylic acids is 1. The second-order valence-electron chi connectivity index (χ2n) is 4.28. The molecule has 0 aromatic carbocycles. The Morgan fingerprint density at radius 2 is 2.33 bits per heavy atom. The van der Waals surface area contributed by atoms with Crippen LogP contribution in [0.3, 0.4) is 0 Å². The molecule has 0 aliphatic carbocycles. The summed E-state index contributed by atoms with van der Waals surface area (Å²) in [6.45, 7) is 1.64. The molecule has 0 bridgehead atoms. The van der Waals surface area contributed by atoms with Gasteiger partial charge in [0.25, 0.3) is 0 Å². The fourth-order valence-electron chi connectivity index (χ4n) is 1.88. The van der Waals surface area contributed by atoms with Gasteiger partial charge in [0.15, 0.2) is 0 Å². The molecule has 1 aliphatic rings. The zero-order valence-electron chi connectivity index (χ0n) is 9.83. The Morgan fingerprint density at radius 3 is 2.94 bits per heavy atom. The van der Waals surface area contributed by atoms with Crippen LogP contribution in [0.4, 0.5) is 4.79 Å². The number of aromatic nitrogens is 1. The molecule has 0 spiro atoms. The number of thiazole rings is 1. The van der Waals surface area contributed by atoms with E-state index in [1.165, 1.54) is 0 Å². The van der Waals surface area contributed by atoms with Gasteiger partial charge in [0.2, 0.25) is 0 Å². The first-order valence-corrected chi connectivity index (χ1v) is 6.66. The van der Waals surface area contributed by atoms with E-state index >= 15 is 0 Å². The molecule has 7 heteroatoms. The first-order chi connectivity index (χ1) is 8.65. The van der Waals surface area contributed by atoms with Crippen LogP contribution >= 0.6 is 11.3 Å². The van der Waals surface area contributed by atoms with Crippen molar-refractivity contribution < 1.29 is 14.7 Å². The number of hydrogen-bond acceptors (Lipinski definition) is 4. The largest absolute Gasteiger partial charge is 0.481 e. The Morgan fingerprint density at radius 1 is 1.56 bits per heavy atom. The van der Waals surface area contributed by atoms with E-state index in [4.69, 9.17) is 5.11 Å². The standard InChI is InChI=1S/C11H15N3O3S/c15-10(16)5-8-6-14(7-8)11(17)13-2-1-9-12-3-4-18-9/h3-4,8H,1-2,5-7H2,(H,13,17)(H,15,16). The van der Waals surface area contributed by atoms with Crippen molar-refractivity contribution in [2.24, 2.45) is 5.92 Å². The SMILES string of the molecule is O=C(O)CC1CN(C(=O)NCCc2nccs2)C1. The van der Waals surface area contributed by atoms with E-state index in [9.17, 15) is 9.59 Å². The predicted molar refractivity (Wildman–Crippen MR) is 66.5 cm³/mol. The van der Waals surface area contributed by atoms with Crippen molar-refractivity contribution in [3.63, 3.8) is 0 Å². The normalized spacial score (nSPS) is 15.2. The van der Waals surface area contributed by atoms with Crippen LogP contribution in [0.25, 0.3) is 0 Å². The minimum atomic E-state index is -0.802. The summed E-state index contributed by atoms with van der Waals surface area (Å²) in [4.78, 5) is 27.9. The molecule has 0 unspecified atom stereocenters. The van der Waals surface area contributed by atoms with Crippen LogP contribution in [-0.4, -0.2) is 46.6 Å². The summed E-state index contributed by atoms with van der Waals surface area (Å²) in [5.74, 6) is -0.698. The second-order valence-corrected chi connectivity index (χ2v) is 5.26. The first-order valence-electron chi connectivity index (χ1n) is 5.78. The molecule has 0 saturated carbocycles. The topological polar surface area (TPSA) is 82.5 Å². The highest BCUT2D eigenvalue weighted by molar-refractivity contribution is 7.09. The fraction of sp³-hybridized carbons (Fsp3) is 0.545. The monoisotopic (exact) mass is 269 g/mol. The minimum absolute atomic E-state index is 0.104. The van der Waals surface area contributed by atoms with E-state index in [0.29, 0.717) is 19.6 Å². The maximum absolute atomic E-state index is 11.6. The van der Waals surface area contributed by atoms with E-state index in [0.717, 1.165) is 11.4 Å². The summed E-state index contributed by atoms with van der Waals surface area (Å²) in [6.07, 6.45) is 2.62. The number of likely N-dealkylation sites (tertiary alicyclic amines) is 1. The van der Waals surface area contributed by atoms with Gasteiger partial charge in [-0.1, -0.05) is 0 Å². The minimum Gasteiger partial charge on any atom is -0.481 e. The number of nitrogens with one attached hydrogen (secondary N) is 1. The van der Waals surface area contributed by atoms with Crippen LogP contribution in [0.5, 0.6) is 0 Å². The quantitative estimate of drug-likeness (QED) is 0.828. The van der Waals surface area contributed by atoms with Crippen molar-refractivity contribution in [1.82, 2.24) is 15.2 Å². The van der Waals surface area contributed by atoms with E-state index in [1.807, 2.05) is 5.38 Å². The Kier molecular flexibility index (Phi) is 4.14. The predicted octanol–water partition coefficient (Wildman–Crippen LogP) is 0.802. The van der Waals surface area contributed by atoms with Crippen LogP contribution < -0.4 is 5.32 Å². The van der Waals surface area contributed by atoms with Crippen molar-refractivity contribution in [2.75, 3.05) is 19.6 Å². The molecule has 0 radical (unpaired) electrons. The molecule has 2 N–H and O–H groups in total. The third-order valence-electron chi connectivity index (χ3n) is 2.81. The maximum atomic E-state index is 11.6. The molecule has 18 heavy (non-hydrogen) atoms. The number of carbonyl (C=O) groups excluding carboxylic acids is 1. The molecule has 2 amide bonds. The summed E-state index contributed by atoms with van der Waals surface area (Å²) in [5.41, 5.74) is 0. The van der Waals surface area contributed by atoms with Crippen LogP contribution in [0.15, 0.2) is 11.6 Å². The number of aliphatic carboxylic acids is 1. The number of carbonyl (C=O) groups is 2. The summed E-state index contributed by atoms with van der Waals surface area (Å²) < 4.78 is 0. The fourth-order valence-corrected chi connectivity index (χ4v) is 2.50. The molecule has 1 saturated heterocycles. The van der Waals surface area contributed by atoms with Gasteiger partial charge in [0.1, 0.15) is 0 Å². The summed E-state index contributed by atoms with van der Waals surface area (Å²) >= 11 is 1.57. The Labute approximate surface area is 109 Å². The number of nitrogens with zero attached hydrogens (tertiary/aromatic N) is 2. The lowest BCUT2D eigenvalue weighted by Crippen LogP contribution is -2.54. The molecule has 1 aromatic rings. The van der Waals surface area contributed by atoms with Crippen molar-refractivity contribution in [1.29, 1.82) is 0 Å². The molecule has 2 heterocycles. The number of carboxylic acid groups (broad SMARTS) is 1. The van der Waals surface area contributed by atoms with E-state index in [1.54, 1.807) is 22.4 Å². The second kappa shape index (κ2) is 5.81. The van der Waals surface area contributed by atoms with Crippen molar-refractivity contribution in [2.45, 2.75) is 12.8 Å². The van der Waals surface area contributed by atoms with E-state index < -0.39 is 5.97 Å². The lowest BCUT2D eigenvalue weighted by molar-refractivity contribution is -0.139. The van der Waals surface area contributed by atoms with Crippen molar-refractivity contribution in [3.8, 4) is 0 Å². The van der Waals surface area contributed by atoms with Gasteiger partial charge in [0, 0.05) is 43.5 Å². The summed E-state index contributed by atoms with van der Waals surface area (Å²) in [6, 6.07) is -0.117. The molecule has 1 fully saturated rings. The van der Waals surface area contributed by atoms with Gasteiger partial charge in [-0.3, -0.25) is 4.79 Å². The average molecular weight is 269 g/mol. The Bertz CT molecular complexity index is 415. The molecule has 1 aromatic heterocycles. The molecule has 6 nitrogen and oxygen atoms in total. The van der Waals surface area contributed by atoms with Gasteiger partial charge in [0.05, 0.1) is 11.4 Å². The van der Waals surface area contributed by atoms with Gasteiger partial charge in [-0.05, 0) is 0 Å². The lowest BCUT2D eigenvalue weighted by Gasteiger charge is -2.38. The molecule has 1 aliphatic heterocycles. The Balaban J connectivity index is 1.60. The van der Waals surface area contributed by atoms with Gasteiger partial charge < -0.3 is 15.3 Å². The number of urea groups is 1. The third-order valence-corrected chi connectivity index (χ3v) is 3.65.